The van der Waals surface area contributed by atoms with Gasteiger partial charge in [-0.25, -0.2) is 9.18 Å². The van der Waals surface area contributed by atoms with Crippen molar-refractivity contribution < 1.29 is 18.4 Å². The lowest BCUT2D eigenvalue weighted by Gasteiger charge is -2.33. The van der Waals surface area contributed by atoms with Crippen LogP contribution >= 0.6 is 0 Å². The largest absolute Gasteiger partial charge is 0.370 e. The maximum absolute atomic E-state index is 13.4. The first-order valence-corrected chi connectivity index (χ1v) is 8.41. The fourth-order valence-corrected chi connectivity index (χ4v) is 2.85. The van der Waals surface area contributed by atoms with Crippen molar-refractivity contribution in [2.24, 2.45) is 0 Å². The number of morpholine rings is 1. The summed E-state index contributed by atoms with van der Waals surface area (Å²) in [5.41, 5.74) is 0.725. The molecule has 1 aromatic heterocycles. The van der Waals surface area contributed by atoms with E-state index in [1.165, 1.54) is 12.1 Å². The van der Waals surface area contributed by atoms with Crippen molar-refractivity contribution in [3.05, 3.63) is 47.4 Å². The summed E-state index contributed by atoms with van der Waals surface area (Å²) in [7, 11) is 0. The Kier molecular flexibility index (Phi) is 4.35. The number of nitrogens with zero attached hydrogens (tertiary/aromatic N) is 3. The fourth-order valence-electron chi connectivity index (χ4n) is 2.85. The first kappa shape index (κ1) is 16.0. The highest BCUT2D eigenvalue weighted by Crippen LogP contribution is 2.38. The topological polar surface area (TPSA) is 80.5 Å². The highest BCUT2D eigenvalue weighted by molar-refractivity contribution is 5.74. The normalized spacial score (nSPS) is 20.5. The van der Waals surface area contributed by atoms with E-state index in [2.05, 4.69) is 15.5 Å². The molecule has 2 aliphatic rings. The van der Waals surface area contributed by atoms with Gasteiger partial charge >= 0.3 is 6.03 Å². The van der Waals surface area contributed by atoms with Gasteiger partial charge in [0.2, 0.25) is 5.89 Å². The zero-order valence-electron chi connectivity index (χ0n) is 13.7. The second-order valence-corrected chi connectivity index (χ2v) is 6.34. The molecule has 8 heteroatoms. The zero-order valence-corrected chi connectivity index (χ0v) is 13.7. The number of benzene rings is 1. The number of hydrogen-bond acceptors (Lipinski definition) is 5. The SMILES string of the molecule is O=C(NCc1nc(C2CC2)no1)N1CCO[C@H](c2cccc(F)c2)C1. The smallest absolute Gasteiger partial charge is 0.318 e. The molecule has 2 fully saturated rings. The van der Waals surface area contributed by atoms with Gasteiger partial charge in [0.15, 0.2) is 5.82 Å². The number of halogens is 1. The molecular formula is C17H19FN4O3. The predicted octanol–water partition coefficient (Wildman–Crippen LogP) is 2.37. The number of aromatic nitrogens is 2. The van der Waals surface area contributed by atoms with Gasteiger partial charge < -0.3 is 19.5 Å². The van der Waals surface area contributed by atoms with Crippen molar-refractivity contribution >= 4 is 6.03 Å². The summed E-state index contributed by atoms with van der Waals surface area (Å²) in [6.07, 6.45) is 1.86. The van der Waals surface area contributed by atoms with Crippen molar-refractivity contribution in [2.45, 2.75) is 31.4 Å². The fraction of sp³-hybridized carbons (Fsp3) is 0.471. The molecule has 0 unspecified atom stereocenters. The Morgan fingerprint density at radius 1 is 1.40 bits per heavy atom. The molecule has 2 aromatic rings. The van der Waals surface area contributed by atoms with E-state index in [0.29, 0.717) is 31.5 Å². The number of nitrogens with one attached hydrogen (secondary N) is 1. The lowest BCUT2D eigenvalue weighted by molar-refractivity contribution is -0.0156. The van der Waals surface area contributed by atoms with Crippen molar-refractivity contribution in [1.82, 2.24) is 20.4 Å². The van der Waals surface area contributed by atoms with Crippen LogP contribution in [-0.4, -0.2) is 40.8 Å². The molecule has 4 rings (SSSR count). The number of ether oxygens (including phenoxy) is 1. The van der Waals surface area contributed by atoms with E-state index in [9.17, 15) is 9.18 Å². The Hall–Kier alpha value is -2.48. The molecule has 0 spiro atoms. The van der Waals surface area contributed by atoms with Gasteiger partial charge in [-0.2, -0.15) is 4.98 Å². The maximum Gasteiger partial charge on any atom is 0.318 e. The average molecular weight is 346 g/mol. The van der Waals surface area contributed by atoms with Crippen LogP contribution in [0.2, 0.25) is 0 Å². The first-order valence-electron chi connectivity index (χ1n) is 8.41. The molecule has 1 aliphatic carbocycles. The molecule has 132 valence electrons. The Morgan fingerprint density at radius 3 is 3.08 bits per heavy atom. The number of urea groups is 1. The molecule has 0 bridgehead atoms. The number of carbonyl (C=O) groups is 1. The van der Waals surface area contributed by atoms with Crippen molar-refractivity contribution in [1.29, 1.82) is 0 Å². The Bertz CT molecular complexity index is 762. The minimum Gasteiger partial charge on any atom is -0.370 e. The third kappa shape index (κ3) is 3.79. The van der Waals surface area contributed by atoms with E-state index in [1.807, 2.05) is 0 Å². The second-order valence-electron chi connectivity index (χ2n) is 6.34. The minimum atomic E-state index is -0.333. The van der Waals surface area contributed by atoms with Gasteiger partial charge in [-0.05, 0) is 30.5 Å². The molecule has 2 heterocycles. The van der Waals surface area contributed by atoms with Crippen LogP contribution in [0, 0.1) is 5.82 Å². The van der Waals surface area contributed by atoms with Gasteiger partial charge in [0.25, 0.3) is 0 Å². The van der Waals surface area contributed by atoms with Crippen molar-refractivity contribution in [3.8, 4) is 0 Å². The maximum atomic E-state index is 13.4. The molecule has 2 amide bonds. The minimum absolute atomic E-state index is 0.195. The van der Waals surface area contributed by atoms with E-state index in [1.54, 1.807) is 17.0 Å². The summed E-state index contributed by atoms with van der Waals surface area (Å²) in [5, 5.41) is 6.71. The Labute approximate surface area is 144 Å². The summed E-state index contributed by atoms with van der Waals surface area (Å²) in [4.78, 5) is 18.3. The molecule has 25 heavy (non-hydrogen) atoms. The van der Waals surface area contributed by atoms with Crippen LogP contribution < -0.4 is 5.32 Å². The number of rotatable bonds is 4. The van der Waals surface area contributed by atoms with Gasteiger partial charge in [-0.1, -0.05) is 17.3 Å². The molecule has 1 N–H and O–H groups in total. The van der Waals surface area contributed by atoms with Gasteiger partial charge in [0.1, 0.15) is 11.9 Å². The van der Waals surface area contributed by atoms with Gasteiger partial charge in [-0.3, -0.25) is 0 Å². The second kappa shape index (κ2) is 6.79. The number of carbonyl (C=O) groups excluding carboxylic acids is 1. The molecule has 7 nitrogen and oxygen atoms in total. The molecule has 1 aromatic carbocycles. The third-order valence-corrected chi connectivity index (χ3v) is 4.39. The van der Waals surface area contributed by atoms with Crippen LogP contribution in [0.1, 0.15) is 42.1 Å². The summed E-state index contributed by atoms with van der Waals surface area (Å²) >= 11 is 0. The van der Waals surface area contributed by atoms with Crippen LogP contribution in [0.25, 0.3) is 0 Å². The van der Waals surface area contributed by atoms with Crippen LogP contribution in [0.3, 0.4) is 0 Å². The van der Waals surface area contributed by atoms with Crippen LogP contribution in [0.15, 0.2) is 28.8 Å². The van der Waals surface area contributed by atoms with E-state index in [4.69, 9.17) is 9.26 Å². The predicted molar refractivity (Wildman–Crippen MR) is 85.2 cm³/mol. The van der Waals surface area contributed by atoms with Crippen LogP contribution in [0.5, 0.6) is 0 Å². The molecule has 1 saturated carbocycles. The average Bonchev–Trinajstić information content (AvgIpc) is 3.38. The number of amides is 2. The molecular weight excluding hydrogens is 327 g/mol. The quantitative estimate of drug-likeness (QED) is 0.919. The molecule has 1 saturated heterocycles. The summed E-state index contributed by atoms with van der Waals surface area (Å²) in [6.45, 7) is 1.45. The van der Waals surface area contributed by atoms with Crippen LogP contribution in [-0.2, 0) is 11.3 Å². The highest BCUT2D eigenvalue weighted by Gasteiger charge is 2.29. The first-order chi connectivity index (χ1) is 12.2. The molecule has 1 aliphatic heterocycles. The van der Waals surface area contributed by atoms with Gasteiger partial charge in [-0.15, -0.1) is 0 Å². The monoisotopic (exact) mass is 346 g/mol. The standard InChI is InChI=1S/C17H19FN4O3/c18-13-3-1-2-12(8-13)14-10-22(6-7-24-14)17(23)19-9-15-20-16(21-25-15)11-4-5-11/h1-3,8,11,14H,4-7,9-10H2,(H,19,23)/t14-/m0/s1. The molecule has 0 radical (unpaired) electrons. The lowest BCUT2D eigenvalue weighted by Crippen LogP contribution is -2.47. The summed E-state index contributed by atoms with van der Waals surface area (Å²) < 4.78 is 24.2. The van der Waals surface area contributed by atoms with Gasteiger partial charge in [0, 0.05) is 12.5 Å². The summed E-state index contributed by atoms with van der Waals surface area (Å²) in [6, 6.07) is 6.03. The van der Waals surface area contributed by atoms with Crippen molar-refractivity contribution in [2.75, 3.05) is 19.7 Å². The van der Waals surface area contributed by atoms with Gasteiger partial charge in [0.05, 0.1) is 19.7 Å². The number of hydrogen-bond donors (Lipinski definition) is 1. The van der Waals surface area contributed by atoms with E-state index >= 15 is 0 Å². The molecule has 1 atom stereocenters. The third-order valence-electron chi connectivity index (χ3n) is 4.39. The Morgan fingerprint density at radius 2 is 2.28 bits per heavy atom. The van der Waals surface area contributed by atoms with Crippen molar-refractivity contribution in [3.63, 3.8) is 0 Å². The van der Waals surface area contributed by atoms with E-state index in [0.717, 1.165) is 24.2 Å². The lowest BCUT2D eigenvalue weighted by atomic mass is 10.1. The zero-order chi connectivity index (χ0) is 17.2. The summed E-state index contributed by atoms with van der Waals surface area (Å²) in [5.74, 6) is 1.23. The van der Waals surface area contributed by atoms with E-state index in [-0.39, 0.29) is 24.5 Å². The highest BCUT2D eigenvalue weighted by atomic mass is 19.1. The van der Waals surface area contributed by atoms with E-state index < -0.39 is 0 Å². The Balaban J connectivity index is 1.33. The van der Waals surface area contributed by atoms with Crippen LogP contribution in [0.4, 0.5) is 9.18 Å².